The maximum absolute atomic E-state index is 10.9. The number of amides is 1. The first-order valence-corrected chi connectivity index (χ1v) is 5.36. The molecule has 1 aliphatic heterocycles. The van der Waals surface area contributed by atoms with Crippen LogP contribution in [0.5, 0.6) is 0 Å². The minimum atomic E-state index is -1.34. The van der Waals surface area contributed by atoms with E-state index in [-0.39, 0.29) is 19.6 Å². The van der Waals surface area contributed by atoms with E-state index in [1.165, 1.54) is 6.08 Å². The Morgan fingerprint density at radius 3 is 2.67 bits per heavy atom. The molecule has 8 heteroatoms. The van der Waals surface area contributed by atoms with Crippen molar-refractivity contribution in [2.45, 2.75) is 24.6 Å². The van der Waals surface area contributed by atoms with Crippen LogP contribution in [0.2, 0.25) is 0 Å². The Hall–Kier alpha value is -1.64. The molecule has 0 aromatic rings. The molecule has 1 heterocycles. The second-order valence-corrected chi connectivity index (χ2v) is 3.92. The number of likely N-dealkylation sites (tertiary alicyclic amines) is 1. The highest BCUT2D eigenvalue weighted by molar-refractivity contribution is 5.79. The van der Waals surface area contributed by atoms with Gasteiger partial charge in [-0.15, -0.1) is 6.58 Å². The van der Waals surface area contributed by atoms with Gasteiger partial charge in [0.15, 0.2) is 0 Å². The van der Waals surface area contributed by atoms with Gasteiger partial charge >= 0.3 is 12.1 Å². The molecule has 0 unspecified atom stereocenters. The quantitative estimate of drug-likeness (QED) is 0.292. The highest BCUT2D eigenvalue weighted by Crippen LogP contribution is 2.18. The molecule has 102 valence electrons. The molecular weight excluding hydrogens is 244 g/mol. The average Bonchev–Trinajstić information content (AvgIpc) is 2.30. The monoisotopic (exact) mass is 260 g/mol. The average molecular weight is 260 g/mol. The van der Waals surface area contributed by atoms with Gasteiger partial charge in [-0.2, -0.15) is 5.48 Å². The van der Waals surface area contributed by atoms with Crippen molar-refractivity contribution in [2.75, 3.05) is 13.2 Å². The fourth-order valence-electron chi connectivity index (χ4n) is 1.76. The third-order valence-corrected chi connectivity index (χ3v) is 2.67. The third kappa shape index (κ3) is 3.42. The molecule has 0 saturated carbocycles. The van der Waals surface area contributed by atoms with E-state index < -0.39 is 30.3 Å². The van der Waals surface area contributed by atoms with Gasteiger partial charge in [0.05, 0.1) is 18.8 Å². The van der Waals surface area contributed by atoms with Gasteiger partial charge in [-0.3, -0.25) is 9.74 Å². The molecule has 0 spiro atoms. The van der Waals surface area contributed by atoms with Crippen LogP contribution in [0.15, 0.2) is 12.7 Å². The number of aliphatic hydroxyl groups is 1. The number of hydrogen-bond donors (Lipinski definition) is 4. The molecule has 1 aliphatic rings. The molecule has 1 amide bonds. The second-order valence-electron chi connectivity index (χ2n) is 3.92. The topological polar surface area (TPSA) is 119 Å². The van der Waals surface area contributed by atoms with Gasteiger partial charge in [-0.1, -0.05) is 6.08 Å². The largest absolute Gasteiger partial charge is 0.480 e. The van der Waals surface area contributed by atoms with Crippen LogP contribution in [0.3, 0.4) is 0 Å². The van der Waals surface area contributed by atoms with Gasteiger partial charge in [-0.05, 0) is 0 Å². The highest BCUT2D eigenvalue weighted by atomic mass is 16.6. The predicted molar refractivity (Wildman–Crippen MR) is 59.9 cm³/mol. The summed E-state index contributed by atoms with van der Waals surface area (Å²) in [5, 5.41) is 27.6. The normalized spacial score (nSPS) is 27.8. The van der Waals surface area contributed by atoms with E-state index in [1.54, 1.807) is 0 Å². The van der Waals surface area contributed by atoms with Gasteiger partial charge in [-0.25, -0.2) is 9.59 Å². The van der Waals surface area contributed by atoms with Gasteiger partial charge in [0.2, 0.25) is 0 Å². The first kappa shape index (κ1) is 14.4. The van der Waals surface area contributed by atoms with E-state index in [0.717, 1.165) is 4.90 Å². The molecule has 1 rings (SSSR count). The maximum atomic E-state index is 10.9. The number of carboxylic acid groups (broad SMARTS) is 2. The minimum Gasteiger partial charge on any atom is -0.480 e. The number of carboxylic acids is 1. The molecule has 18 heavy (non-hydrogen) atoms. The summed E-state index contributed by atoms with van der Waals surface area (Å²) in [5.41, 5.74) is 2.50. The van der Waals surface area contributed by atoms with Crippen molar-refractivity contribution in [1.29, 1.82) is 0 Å². The van der Waals surface area contributed by atoms with Crippen LogP contribution in [0.4, 0.5) is 4.79 Å². The van der Waals surface area contributed by atoms with E-state index in [0.29, 0.717) is 0 Å². The van der Waals surface area contributed by atoms with Crippen molar-refractivity contribution in [1.82, 2.24) is 10.4 Å². The minimum absolute atomic E-state index is 0.162. The van der Waals surface area contributed by atoms with Crippen molar-refractivity contribution in [3.8, 4) is 0 Å². The summed E-state index contributed by atoms with van der Waals surface area (Å²) in [4.78, 5) is 27.5. The molecule has 0 bridgehead atoms. The summed E-state index contributed by atoms with van der Waals surface area (Å²) < 4.78 is 0. The number of rotatable bonds is 5. The van der Waals surface area contributed by atoms with E-state index >= 15 is 0 Å². The summed E-state index contributed by atoms with van der Waals surface area (Å²) in [7, 11) is 0. The van der Waals surface area contributed by atoms with Gasteiger partial charge in [0.25, 0.3) is 0 Å². The number of nitrogens with zero attached hydrogens (tertiary/aromatic N) is 1. The number of carbonyl (C=O) groups is 2. The zero-order valence-electron chi connectivity index (χ0n) is 9.65. The van der Waals surface area contributed by atoms with Crippen LogP contribution in [0.25, 0.3) is 0 Å². The molecule has 1 fully saturated rings. The molecule has 0 aromatic carbocycles. The van der Waals surface area contributed by atoms with Crippen LogP contribution < -0.4 is 5.48 Å². The first-order valence-electron chi connectivity index (χ1n) is 5.36. The predicted octanol–water partition coefficient (Wildman–Crippen LogP) is -0.740. The Labute approximate surface area is 103 Å². The zero-order valence-corrected chi connectivity index (χ0v) is 9.65. The van der Waals surface area contributed by atoms with Crippen LogP contribution >= 0.6 is 0 Å². The summed E-state index contributed by atoms with van der Waals surface area (Å²) in [6.07, 6.45) is -1.04. The second kappa shape index (κ2) is 6.34. The lowest BCUT2D eigenvalue weighted by molar-refractivity contribution is -0.147. The van der Waals surface area contributed by atoms with E-state index in [2.05, 4.69) is 12.1 Å². The number of nitrogens with one attached hydrogen (secondary N) is 1. The summed E-state index contributed by atoms with van der Waals surface area (Å²) in [6, 6.07) is -1.91. The zero-order chi connectivity index (χ0) is 13.7. The molecular formula is C10H16N2O6. The third-order valence-electron chi connectivity index (χ3n) is 2.67. The van der Waals surface area contributed by atoms with Crippen molar-refractivity contribution >= 4 is 12.1 Å². The SMILES string of the molecule is C=CCON[C@H]1CN(C(=O)O)[C@H](C(=O)O)C[C@@H]1O. The smallest absolute Gasteiger partial charge is 0.408 e. The van der Waals surface area contributed by atoms with Crippen LogP contribution in [-0.4, -0.2) is 63.6 Å². The van der Waals surface area contributed by atoms with E-state index in [4.69, 9.17) is 15.1 Å². The van der Waals surface area contributed by atoms with Crippen molar-refractivity contribution in [3.63, 3.8) is 0 Å². The van der Waals surface area contributed by atoms with Crippen molar-refractivity contribution < 1.29 is 29.7 Å². The van der Waals surface area contributed by atoms with Crippen LogP contribution in [-0.2, 0) is 9.63 Å². The Bertz CT molecular complexity index is 334. The molecule has 3 atom stereocenters. The lowest BCUT2D eigenvalue weighted by Gasteiger charge is -2.38. The number of piperidine rings is 1. The van der Waals surface area contributed by atoms with Crippen LogP contribution in [0, 0.1) is 0 Å². The van der Waals surface area contributed by atoms with Crippen LogP contribution in [0.1, 0.15) is 6.42 Å². The molecule has 0 radical (unpaired) electrons. The fraction of sp³-hybridized carbons (Fsp3) is 0.600. The number of aliphatic hydroxyl groups excluding tert-OH is 1. The summed E-state index contributed by atoms with van der Waals surface area (Å²) in [5.74, 6) is -1.28. The number of hydrogen-bond acceptors (Lipinski definition) is 5. The highest BCUT2D eigenvalue weighted by Gasteiger charge is 2.41. The molecule has 8 nitrogen and oxygen atoms in total. The number of hydroxylamine groups is 1. The van der Waals surface area contributed by atoms with Gasteiger partial charge in [0, 0.05) is 13.0 Å². The maximum Gasteiger partial charge on any atom is 0.408 e. The summed E-state index contributed by atoms with van der Waals surface area (Å²) in [6.45, 7) is 3.46. The Morgan fingerprint density at radius 1 is 1.50 bits per heavy atom. The Balaban J connectivity index is 2.67. The van der Waals surface area contributed by atoms with E-state index in [9.17, 15) is 14.7 Å². The lowest BCUT2D eigenvalue weighted by atomic mass is 9.96. The molecule has 4 N–H and O–H groups in total. The lowest BCUT2D eigenvalue weighted by Crippen LogP contribution is -2.60. The number of aliphatic carboxylic acids is 1. The van der Waals surface area contributed by atoms with Crippen molar-refractivity contribution in [3.05, 3.63) is 12.7 Å². The standard InChI is InChI=1S/C10H16N2O6/c1-2-3-18-11-6-5-12(10(16)17)7(9(14)15)4-8(6)13/h2,6-8,11,13H,1,3-5H2,(H,14,15)(H,16,17)/t6-,7-,8-/m0/s1. The van der Waals surface area contributed by atoms with Gasteiger partial charge < -0.3 is 15.3 Å². The molecule has 0 aliphatic carbocycles. The van der Waals surface area contributed by atoms with E-state index in [1.807, 2.05) is 0 Å². The van der Waals surface area contributed by atoms with Gasteiger partial charge in [0.1, 0.15) is 6.04 Å². The Morgan fingerprint density at radius 2 is 2.17 bits per heavy atom. The first-order chi connectivity index (χ1) is 8.47. The fourth-order valence-corrected chi connectivity index (χ4v) is 1.76. The molecule has 0 aromatic heterocycles. The summed E-state index contributed by atoms with van der Waals surface area (Å²) >= 11 is 0. The Kier molecular flexibility index (Phi) is 5.08. The molecule has 1 saturated heterocycles. The van der Waals surface area contributed by atoms with Crippen molar-refractivity contribution in [2.24, 2.45) is 0 Å².